The number of carbonyl (C=O) groups is 2. The predicted molar refractivity (Wildman–Crippen MR) is 181 cm³/mol. The van der Waals surface area contributed by atoms with Crippen LogP contribution in [0.25, 0.3) is 11.2 Å². The average Bonchev–Trinajstić information content (AvgIpc) is 3.36. The molecule has 1 aliphatic heterocycles. The van der Waals surface area contributed by atoms with Crippen molar-refractivity contribution in [1.82, 2.24) is 30.2 Å². The van der Waals surface area contributed by atoms with Crippen molar-refractivity contribution in [2.24, 2.45) is 18.4 Å². The first kappa shape index (κ1) is 37.9. The molecule has 1 fully saturated rings. The zero-order valence-electron chi connectivity index (χ0n) is 27.9. The molecule has 2 amide bonds. The number of aromatic nitrogens is 4. The van der Waals surface area contributed by atoms with Crippen molar-refractivity contribution in [1.29, 1.82) is 0 Å². The Balaban J connectivity index is 1.49. The second-order valence-corrected chi connectivity index (χ2v) is 13.9. The monoisotopic (exact) mass is 758 g/mol. The number of benzene rings is 1. The Hall–Kier alpha value is -4.31. The van der Waals surface area contributed by atoms with Crippen LogP contribution < -0.4 is 20.9 Å². The Labute approximate surface area is 298 Å². The number of halogens is 8. The highest BCUT2D eigenvalue weighted by Gasteiger charge is 2.42. The highest BCUT2D eigenvalue weighted by molar-refractivity contribution is 6.39. The number of nitrogens with one attached hydrogen (secondary N) is 3. The van der Waals surface area contributed by atoms with Gasteiger partial charge in [-0.25, -0.2) is 9.97 Å². The quantitative estimate of drug-likeness (QED) is 0.157. The largest absolute Gasteiger partial charge is 0.418 e. The maximum absolute atomic E-state index is 13.6. The summed E-state index contributed by atoms with van der Waals surface area (Å²) in [6, 6.07) is 6.60. The summed E-state index contributed by atoms with van der Waals surface area (Å²) in [7, 11) is 1.61. The molecule has 18 heteroatoms. The highest BCUT2D eigenvalue weighted by Crippen LogP contribution is 2.38. The van der Waals surface area contributed by atoms with E-state index in [-0.39, 0.29) is 82.6 Å². The molecule has 0 bridgehead atoms. The Kier molecular flexibility index (Phi) is 10.7. The van der Waals surface area contributed by atoms with E-state index in [1.54, 1.807) is 44.9 Å². The molecule has 0 unspecified atom stereocenters. The Bertz CT molecular complexity index is 1950. The van der Waals surface area contributed by atoms with Crippen molar-refractivity contribution >= 4 is 63.6 Å². The number of nitrogens with zero attached hydrogens (tertiary/aromatic N) is 5. The molecule has 0 saturated carbocycles. The van der Waals surface area contributed by atoms with Gasteiger partial charge in [0.05, 0.1) is 45.0 Å². The third kappa shape index (κ3) is 8.43. The summed E-state index contributed by atoms with van der Waals surface area (Å²) < 4.78 is 82.7. The second kappa shape index (κ2) is 14.4. The van der Waals surface area contributed by atoms with Crippen LogP contribution in [-0.2, 0) is 31.1 Å². The number of aryl methyl sites for hydroxylation is 1. The van der Waals surface area contributed by atoms with E-state index < -0.39 is 47.4 Å². The molecule has 3 N–H and O–H groups in total. The van der Waals surface area contributed by atoms with Crippen molar-refractivity contribution in [3.63, 3.8) is 0 Å². The van der Waals surface area contributed by atoms with Crippen LogP contribution in [0.5, 0.6) is 0 Å². The summed E-state index contributed by atoms with van der Waals surface area (Å²) in [5.74, 6) is -2.32. The van der Waals surface area contributed by atoms with Crippen LogP contribution in [-0.4, -0.2) is 50.6 Å². The van der Waals surface area contributed by atoms with E-state index in [1.807, 2.05) is 0 Å². The first-order chi connectivity index (χ1) is 23.8. The number of piperidine rings is 1. The lowest BCUT2D eigenvalue weighted by Crippen LogP contribution is -2.40. The van der Waals surface area contributed by atoms with Gasteiger partial charge in [0.2, 0.25) is 11.9 Å². The molecule has 4 aromatic rings. The molecule has 0 aliphatic carbocycles. The molecule has 1 aromatic carbocycles. The van der Waals surface area contributed by atoms with Crippen LogP contribution in [0.15, 0.2) is 36.5 Å². The van der Waals surface area contributed by atoms with E-state index in [0.29, 0.717) is 5.56 Å². The molecule has 1 saturated heterocycles. The summed E-state index contributed by atoms with van der Waals surface area (Å²) in [6.07, 6.45) is -8.42. The summed E-state index contributed by atoms with van der Waals surface area (Å²) in [5, 5.41) is 8.79. The summed E-state index contributed by atoms with van der Waals surface area (Å²) >= 11 is 13.2. The number of anilines is 3. The van der Waals surface area contributed by atoms with Gasteiger partial charge in [-0.3, -0.25) is 19.1 Å². The minimum atomic E-state index is -4.72. The summed E-state index contributed by atoms with van der Waals surface area (Å²) in [6.45, 7) is 4.69. The van der Waals surface area contributed by atoms with Gasteiger partial charge in [-0.1, -0.05) is 50.0 Å². The molecule has 10 nitrogen and oxygen atoms in total. The van der Waals surface area contributed by atoms with Gasteiger partial charge in [0.15, 0.2) is 5.65 Å². The van der Waals surface area contributed by atoms with Crippen LogP contribution in [0.1, 0.15) is 60.8 Å². The van der Waals surface area contributed by atoms with Crippen molar-refractivity contribution in [2.75, 3.05) is 23.3 Å². The third-order valence-electron chi connectivity index (χ3n) is 8.47. The third-order valence-corrected chi connectivity index (χ3v) is 9.21. The number of alkyl halides is 6. The predicted octanol–water partition coefficient (Wildman–Crippen LogP) is 7.80. The second-order valence-electron chi connectivity index (χ2n) is 13.1. The molecule has 51 heavy (non-hydrogen) atoms. The Morgan fingerprint density at radius 1 is 0.961 bits per heavy atom. The van der Waals surface area contributed by atoms with Crippen LogP contribution in [0.2, 0.25) is 10.0 Å². The number of imidazole rings is 1. The molecule has 5 rings (SSSR count). The standard InChI is InChI=1S/C33H34Cl2F6N8O2/c1-31(2,3)29(51)44-15-17-7-8-21(34)25(24(17)35)46-30-45-22-14-19(28(50)43-16-23-20(33(39,40)41)6-5-11-42-23)26(47-27(22)48(30)4)49-12-9-18(10-13-49)32(36,37)38/h5-8,11,14,18H,9-10,12-13,15-16H2,1-4H3,(H,43,50)(H,44,51)(H,45,46). The van der Waals surface area contributed by atoms with Crippen LogP contribution in [0.3, 0.4) is 0 Å². The van der Waals surface area contributed by atoms with Crippen molar-refractivity contribution < 1.29 is 35.9 Å². The van der Waals surface area contributed by atoms with E-state index in [2.05, 4.69) is 30.9 Å². The topological polar surface area (TPSA) is 117 Å². The molecule has 274 valence electrons. The number of hydrogen-bond donors (Lipinski definition) is 3. The van der Waals surface area contributed by atoms with Crippen LogP contribution in [0, 0.1) is 11.3 Å². The number of pyridine rings is 2. The maximum Gasteiger partial charge on any atom is 0.418 e. The van der Waals surface area contributed by atoms with Gasteiger partial charge in [-0.2, -0.15) is 26.3 Å². The molecule has 3 aromatic heterocycles. The van der Waals surface area contributed by atoms with Crippen LogP contribution >= 0.6 is 23.2 Å². The van der Waals surface area contributed by atoms with E-state index >= 15 is 0 Å². The fourth-order valence-electron chi connectivity index (χ4n) is 5.54. The minimum absolute atomic E-state index is 0.0416. The normalized spacial score (nSPS) is 14.5. The zero-order chi connectivity index (χ0) is 37.5. The van der Waals surface area contributed by atoms with E-state index in [1.165, 1.54) is 16.8 Å². The summed E-state index contributed by atoms with van der Waals surface area (Å²) in [5.41, 5.74) is -0.918. The van der Waals surface area contributed by atoms with E-state index in [4.69, 9.17) is 23.2 Å². The fraction of sp³-hybridized carbons (Fsp3) is 0.424. The summed E-state index contributed by atoms with van der Waals surface area (Å²) in [4.78, 5) is 40.6. The first-order valence-corrected chi connectivity index (χ1v) is 16.5. The van der Waals surface area contributed by atoms with E-state index in [0.717, 1.165) is 12.1 Å². The lowest BCUT2D eigenvalue weighted by atomic mass is 9.95. The van der Waals surface area contributed by atoms with Gasteiger partial charge >= 0.3 is 12.4 Å². The van der Waals surface area contributed by atoms with Gasteiger partial charge in [-0.05, 0) is 42.7 Å². The lowest BCUT2D eigenvalue weighted by molar-refractivity contribution is -0.179. The molecular weight excluding hydrogens is 725 g/mol. The Morgan fingerprint density at radius 2 is 1.65 bits per heavy atom. The van der Waals surface area contributed by atoms with Gasteiger partial charge in [0.25, 0.3) is 5.91 Å². The number of carbonyl (C=O) groups excluding carboxylic acids is 2. The van der Waals surface area contributed by atoms with Crippen molar-refractivity contribution in [3.05, 3.63) is 69.0 Å². The lowest BCUT2D eigenvalue weighted by Gasteiger charge is -2.34. The first-order valence-electron chi connectivity index (χ1n) is 15.8. The molecule has 0 spiro atoms. The minimum Gasteiger partial charge on any atom is -0.356 e. The smallest absolute Gasteiger partial charge is 0.356 e. The van der Waals surface area contributed by atoms with Gasteiger partial charge < -0.3 is 20.9 Å². The van der Waals surface area contributed by atoms with Gasteiger partial charge in [0.1, 0.15) is 11.3 Å². The van der Waals surface area contributed by atoms with Gasteiger partial charge in [0, 0.05) is 38.3 Å². The average molecular weight is 760 g/mol. The number of rotatable bonds is 8. The van der Waals surface area contributed by atoms with Crippen molar-refractivity contribution in [3.8, 4) is 0 Å². The number of amides is 2. The SMILES string of the molecule is Cn1c(Nc2c(Cl)ccc(CNC(=O)C(C)(C)C)c2Cl)nc2cc(C(=O)NCc3ncccc3C(F)(F)F)c(N3CCC(C(F)(F)F)CC3)nc21. The highest BCUT2D eigenvalue weighted by atomic mass is 35.5. The molecule has 0 radical (unpaired) electrons. The van der Waals surface area contributed by atoms with E-state index in [9.17, 15) is 35.9 Å². The number of hydrogen-bond acceptors (Lipinski definition) is 7. The van der Waals surface area contributed by atoms with Crippen LogP contribution in [0.4, 0.5) is 43.8 Å². The zero-order valence-corrected chi connectivity index (χ0v) is 29.4. The molecule has 4 heterocycles. The molecule has 0 atom stereocenters. The molecular formula is C33H34Cl2F6N8O2. The maximum atomic E-state index is 13.6. The fourth-order valence-corrected chi connectivity index (χ4v) is 6.07. The number of fused-ring (bicyclic) bond motifs is 1. The van der Waals surface area contributed by atoms with Crippen molar-refractivity contribution in [2.45, 2.75) is 59.1 Å². The Morgan fingerprint density at radius 3 is 2.27 bits per heavy atom. The molecule has 1 aliphatic rings. The van der Waals surface area contributed by atoms with Gasteiger partial charge in [-0.15, -0.1) is 0 Å².